The van der Waals surface area contributed by atoms with E-state index in [0.717, 1.165) is 106 Å². The van der Waals surface area contributed by atoms with Gasteiger partial charge >= 0.3 is 0 Å². The van der Waals surface area contributed by atoms with Crippen LogP contribution < -0.4 is 10.2 Å². The van der Waals surface area contributed by atoms with Crippen molar-refractivity contribution in [2.75, 3.05) is 50.8 Å². The Bertz CT molecular complexity index is 1310. The number of rotatable bonds is 13. The summed E-state index contributed by atoms with van der Waals surface area (Å²) in [5, 5.41) is 14.1. The zero-order chi connectivity index (χ0) is 27.9. The molecular formula is C32H41N5O3. The lowest BCUT2D eigenvalue weighted by atomic mass is 9.92. The van der Waals surface area contributed by atoms with E-state index in [1.54, 1.807) is 0 Å². The molecule has 2 aromatic carbocycles. The van der Waals surface area contributed by atoms with Crippen molar-refractivity contribution in [2.24, 2.45) is 0 Å². The van der Waals surface area contributed by atoms with Crippen LogP contribution in [0, 0.1) is 0 Å². The van der Waals surface area contributed by atoms with Gasteiger partial charge in [-0.15, -0.1) is 0 Å². The number of nitrogens with one attached hydrogen (secondary N) is 1. The minimum Gasteiger partial charge on any atom is -0.396 e. The van der Waals surface area contributed by atoms with Crippen LogP contribution in [-0.2, 0) is 13.1 Å². The van der Waals surface area contributed by atoms with Gasteiger partial charge in [-0.05, 0) is 62.6 Å². The Morgan fingerprint density at radius 3 is 2.38 bits per heavy atom. The van der Waals surface area contributed by atoms with Gasteiger partial charge in [-0.3, -0.25) is 24.4 Å². The lowest BCUT2D eigenvalue weighted by Gasteiger charge is -2.37. The summed E-state index contributed by atoms with van der Waals surface area (Å²) in [6.07, 6.45) is 4.72. The molecule has 1 fully saturated rings. The normalized spacial score (nSPS) is 15.8. The highest BCUT2D eigenvalue weighted by Gasteiger charge is 2.33. The van der Waals surface area contributed by atoms with E-state index in [4.69, 9.17) is 10.1 Å². The van der Waals surface area contributed by atoms with Gasteiger partial charge in [-0.2, -0.15) is 0 Å². The van der Waals surface area contributed by atoms with Gasteiger partial charge in [-0.1, -0.05) is 31.5 Å². The highest BCUT2D eigenvalue weighted by atomic mass is 16.3. The predicted octanol–water partition coefficient (Wildman–Crippen LogP) is 4.21. The number of hydrogen-bond acceptors (Lipinski definition) is 7. The molecule has 3 aromatic rings. The van der Waals surface area contributed by atoms with Gasteiger partial charge in [0.2, 0.25) is 0 Å². The van der Waals surface area contributed by atoms with E-state index in [2.05, 4.69) is 46.3 Å². The van der Waals surface area contributed by atoms with E-state index < -0.39 is 0 Å². The van der Waals surface area contributed by atoms with Crippen LogP contribution in [0.15, 0.2) is 48.5 Å². The van der Waals surface area contributed by atoms with Crippen molar-refractivity contribution < 1.29 is 14.7 Å². The summed E-state index contributed by atoms with van der Waals surface area (Å²) in [6, 6.07) is 16.1. The maximum Gasteiger partial charge on any atom is 0.261 e. The van der Waals surface area contributed by atoms with Crippen LogP contribution in [0.1, 0.15) is 71.1 Å². The second-order valence-electron chi connectivity index (χ2n) is 10.8. The summed E-state index contributed by atoms with van der Waals surface area (Å²) in [5.41, 5.74) is 4.50. The third-order valence-corrected chi connectivity index (χ3v) is 7.98. The van der Waals surface area contributed by atoms with Crippen molar-refractivity contribution in [2.45, 2.75) is 52.1 Å². The molecule has 2 N–H and O–H groups in total. The van der Waals surface area contributed by atoms with Crippen molar-refractivity contribution in [1.29, 1.82) is 0 Å². The number of carbonyl (C=O) groups is 2. The predicted molar refractivity (Wildman–Crippen MR) is 159 cm³/mol. The summed E-state index contributed by atoms with van der Waals surface area (Å²) >= 11 is 0. The van der Waals surface area contributed by atoms with Gasteiger partial charge in [0.25, 0.3) is 11.8 Å². The number of unbranched alkanes of at least 4 members (excludes halogenated alkanes) is 3. The fourth-order valence-electron chi connectivity index (χ4n) is 5.77. The average molecular weight is 544 g/mol. The van der Waals surface area contributed by atoms with Gasteiger partial charge in [0.15, 0.2) is 0 Å². The molecule has 0 saturated carbocycles. The minimum atomic E-state index is -0.176. The Morgan fingerprint density at radius 2 is 1.60 bits per heavy atom. The smallest absolute Gasteiger partial charge is 0.261 e. The number of aliphatic hydroxyl groups is 1. The number of aromatic nitrogens is 1. The molecule has 3 heterocycles. The molecule has 0 atom stereocenters. The topological polar surface area (TPSA) is 89.0 Å². The minimum absolute atomic E-state index is 0.176. The molecule has 0 aliphatic carbocycles. The fraction of sp³-hybridized carbons (Fsp3) is 0.469. The summed E-state index contributed by atoms with van der Waals surface area (Å²) < 4.78 is 0. The quantitative estimate of drug-likeness (QED) is 0.247. The second-order valence-corrected chi connectivity index (χ2v) is 10.8. The standard InChI is InChI=1S/C32H41N5O3/c1-2-3-16-37-31(39)27-12-8-11-26-29(14-13-28(30(26)27)32(37)40)36-19-17-35(18-20-36)23-25-10-7-9-24(34-25)22-33-15-5-4-6-21-38/h7-14,33,38H,2-6,15-23H2,1H3. The average Bonchev–Trinajstić information content (AvgIpc) is 2.98. The first-order valence-electron chi connectivity index (χ1n) is 14.8. The van der Waals surface area contributed by atoms with Crippen molar-refractivity contribution in [3.63, 3.8) is 0 Å². The van der Waals surface area contributed by atoms with Crippen molar-refractivity contribution in [1.82, 2.24) is 20.1 Å². The van der Waals surface area contributed by atoms with Crippen LogP contribution in [0.5, 0.6) is 0 Å². The van der Waals surface area contributed by atoms with Gasteiger partial charge < -0.3 is 15.3 Å². The Hall–Kier alpha value is -3.33. The van der Waals surface area contributed by atoms with E-state index in [0.29, 0.717) is 17.7 Å². The zero-order valence-electron chi connectivity index (χ0n) is 23.6. The van der Waals surface area contributed by atoms with Crippen molar-refractivity contribution in [3.05, 3.63) is 71.0 Å². The van der Waals surface area contributed by atoms with Crippen LogP contribution in [0.25, 0.3) is 10.8 Å². The molecule has 1 saturated heterocycles. The third kappa shape index (κ3) is 6.19. The van der Waals surface area contributed by atoms with E-state index in [-0.39, 0.29) is 18.4 Å². The van der Waals surface area contributed by atoms with E-state index in [1.165, 1.54) is 4.90 Å². The molecule has 2 aliphatic rings. The van der Waals surface area contributed by atoms with Gasteiger partial charge in [0.1, 0.15) is 0 Å². The molecule has 0 bridgehead atoms. The SMILES string of the molecule is CCCCN1C(=O)c2cccc3c(N4CCN(Cc5cccc(CNCCCCCO)n5)CC4)ccc(c23)C1=O. The number of carbonyl (C=O) groups excluding carboxylic acids is 2. The highest BCUT2D eigenvalue weighted by molar-refractivity contribution is 6.26. The van der Waals surface area contributed by atoms with E-state index >= 15 is 0 Å². The van der Waals surface area contributed by atoms with Crippen LogP contribution in [0.2, 0.25) is 0 Å². The number of piperazine rings is 1. The molecular weight excluding hydrogens is 502 g/mol. The fourth-order valence-corrected chi connectivity index (χ4v) is 5.77. The molecule has 0 radical (unpaired) electrons. The van der Waals surface area contributed by atoms with Crippen LogP contribution in [0.4, 0.5) is 5.69 Å². The van der Waals surface area contributed by atoms with Gasteiger partial charge in [0, 0.05) is 80.0 Å². The van der Waals surface area contributed by atoms with E-state index in [9.17, 15) is 9.59 Å². The Morgan fingerprint density at radius 1 is 0.850 bits per heavy atom. The number of benzene rings is 2. The Kier molecular flexibility index (Phi) is 9.41. The Labute approximate surface area is 237 Å². The first kappa shape index (κ1) is 28.2. The van der Waals surface area contributed by atoms with Gasteiger partial charge in [0.05, 0.1) is 11.4 Å². The summed E-state index contributed by atoms with van der Waals surface area (Å²) in [6.45, 7) is 8.89. The molecule has 8 nitrogen and oxygen atoms in total. The molecule has 1 aromatic heterocycles. The lowest BCUT2D eigenvalue weighted by molar-refractivity contribution is 0.0608. The monoisotopic (exact) mass is 543 g/mol. The lowest BCUT2D eigenvalue weighted by Crippen LogP contribution is -2.46. The Balaban J connectivity index is 1.22. The van der Waals surface area contributed by atoms with Crippen LogP contribution in [0.3, 0.4) is 0 Å². The van der Waals surface area contributed by atoms with Gasteiger partial charge in [-0.25, -0.2) is 0 Å². The summed E-state index contributed by atoms with van der Waals surface area (Å²) in [7, 11) is 0. The zero-order valence-corrected chi connectivity index (χ0v) is 23.6. The number of aliphatic hydroxyl groups excluding tert-OH is 1. The van der Waals surface area contributed by atoms with Crippen molar-refractivity contribution >= 4 is 28.3 Å². The second kappa shape index (κ2) is 13.4. The number of hydrogen-bond donors (Lipinski definition) is 2. The number of amides is 2. The third-order valence-electron chi connectivity index (χ3n) is 7.98. The number of imide groups is 1. The first-order chi connectivity index (χ1) is 19.6. The summed E-state index contributed by atoms with van der Waals surface area (Å²) in [5.74, 6) is -0.352. The highest BCUT2D eigenvalue weighted by Crippen LogP contribution is 2.36. The molecule has 8 heteroatoms. The molecule has 0 spiro atoms. The number of nitrogens with zero attached hydrogens (tertiary/aromatic N) is 4. The number of anilines is 1. The van der Waals surface area contributed by atoms with E-state index in [1.807, 2.05) is 24.3 Å². The van der Waals surface area contributed by atoms with Crippen LogP contribution >= 0.6 is 0 Å². The van der Waals surface area contributed by atoms with Crippen LogP contribution in [-0.4, -0.2) is 77.6 Å². The molecule has 2 amide bonds. The molecule has 5 rings (SSSR count). The van der Waals surface area contributed by atoms with Crippen molar-refractivity contribution in [3.8, 4) is 0 Å². The molecule has 40 heavy (non-hydrogen) atoms. The largest absolute Gasteiger partial charge is 0.396 e. The summed E-state index contributed by atoms with van der Waals surface area (Å²) in [4.78, 5) is 37.5. The number of pyridine rings is 1. The maximum atomic E-state index is 13.2. The molecule has 212 valence electrons. The molecule has 2 aliphatic heterocycles. The molecule has 0 unspecified atom stereocenters. The first-order valence-corrected chi connectivity index (χ1v) is 14.8. The maximum absolute atomic E-state index is 13.2.